The molecule has 0 bridgehead atoms. The zero-order valence-electron chi connectivity index (χ0n) is 8.90. The quantitative estimate of drug-likeness (QED) is 0.841. The Bertz CT molecular complexity index is 362. The summed E-state index contributed by atoms with van der Waals surface area (Å²) in [6, 6.07) is 7.14. The molecule has 0 spiro atoms. The maximum atomic E-state index is 12.0. The lowest BCUT2D eigenvalue weighted by Gasteiger charge is -2.19. The highest BCUT2D eigenvalue weighted by Crippen LogP contribution is 2.12. The van der Waals surface area contributed by atoms with E-state index in [1.807, 2.05) is 12.1 Å². The zero-order chi connectivity index (χ0) is 12.0. The van der Waals surface area contributed by atoms with Crippen molar-refractivity contribution in [3.05, 3.63) is 47.0 Å². The van der Waals surface area contributed by atoms with Gasteiger partial charge in [0.05, 0.1) is 6.61 Å². The minimum Gasteiger partial charge on any atom is -0.395 e. The number of amides is 1. The fourth-order valence-corrected chi connectivity index (χ4v) is 1.59. The molecule has 3 nitrogen and oxygen atoms in total. The number of aliphatic hydroxyl groups is 1. The number of hydrogen-bond acceptors (Lipinski definition) is 2. The Hall–Kier alpha value is -1.13. The maximum absolute atomic E-state index is 12.0. The monoisotopic (exact) mass is 283 g/mol. The van der Waals surface area contributed by atoms with Crippen LogP contribution in [0.2, 0.25) is 0 Å². The third kappa shape index (κ3) is 3.47. The van der Waals surface area contributed by atoms with Crippen LogP contribution in [0.25, 0.3) is 0 Å². The Morgan fingerprint density at radius 1 is 1.44 bits per heavy atom. The second-order valence-electron chi connectivity index (χ2n) is 3.27. The number of benzene rings is 1. The first kappa shape index (κ1) is 12.9. The summed E-state index contributed by atoms with van der Waals surface area (Å²) in [5.41, 5.74) is 0.610. The third-order valence-corrected chi connectivity index (χ3v) is 2.63. The summed E-state index contributed by atoms with van der Waals surface area (Å²) in [5, 5.41) is 8.87. The molecule has 1 rings (SSSR count). The van der Waals surface area contributed by atoms with Crippen molar-refractivity contribution in [1.82, 2.24) is 4.90 Å². The molecular weight excluding hydrogens is 270 g/mol. The summed E-state index contributed by atoms with van der Waals surface area (Å²) >= 11 is 3.31. The summed E-state index contributed by atoms with van der Waals surface area (Å²) in [6.45, 7) is 4.30. The fourth-order valence-electron chi connectivity index (χ4n) is 1.33. The number of carbonyl (C=O) groups is 1. The van der Waals surface area contributed by atoms with E-state index in [0.717, 1.165) is 4.47 Å². The predicted molar refractivity (Wildman–Crippen MR) is 67.3 cm³/mol. The first-order valence-electron chi connectivity index (χ1n) is 4.95. The zero-order valence-corrected chi connectivity index (χ0v) is 10.5. The van der Waals surface area contributed by atoms with Gasteiger partial charge in [-0.2, -0.15) is 0 Å². The number of hydrogen-bond donors (Lipinski definition) is 1. The summed E-state index contributed by atoms with van der Waals surface area (Å²) in [5.74, 6) is -0.0959. The van der Waals surface area contributed by atoms with Gasteiger partial charge in [-0.05, 0) is 24.3 Å². The van der Waals surface area contributed by atoms with Gasteiger partial charge < -0.3 is 10.0 Å². The normalized spacial score (nSPS) is 9.88. The number of halogens is 1. The Kier molecular flexibility index (Phi) is 5.22. The lowest BCUT2D eigenvalue weighted by Crippen LogP contribution is -2.33. The van der Waals surface area contributed by atoms with E-state index >= 15 is 0 Å². The first-order chi connectivity index (χ1) is 7.69. The molecule has 0 aliphatic carbocycles. The summed E-state index contributed by atoms with van der Waals surface area (Å²) in [6.07, 6.45) is 1.65. The molecule has 0 aliphatic heterocycles. The average molecular weight is 284 g/mol. The van der Waals surface area contributed by atoms with E-state index in [2.05, 4.69) is 22.5 Å². The van der Waals surface area contributed by atoms with Crippen molar-refractivity contribution in [1.29, 1.82) is 0 Å². The van der Waals surface area contributed by atoms with Crippen LogP contribution in [-0.2, 0) is 0 Å². The second-order valence-corrected chi connectivity index (χ2v) is 4.19. The second kappa shape index (κ2) is 6.45. The molecule has 1 aromatic rings. The molecule has 86 valence electrons. The Balaban J connectivity index is 2.80. The van der Waals surface area contributed by atoms with Crippen molar-refractivity contribution in [2.24, 2.45) is 0 Å². The van der Waals surface area contributed by atoms with Gasteiger partial charge in [0, 0.05) is 23.1 Å². The number of carbonyl (C=O) groups excluding carboxylic acids is 1. The van der Waals surface area contributed by atoms with Gasteiger partial charge in [0.1, 0.15) is 0 Å². The summed E-state index contributed by atoms with van der Waals surface area (Å²) < 4.78 is 0.932. The molecule has 0 radical (unpaired) electrons. The van der Waals surface area contributed by atoms with Crippen LogP contribution >= 0.6 is 15.9 Å². The van der Waals surface area contributed by atoms with Gasteiger partial charge in [-0.25, -0.2) is 0 Å². The number of nitrogens with zero attached hydrogens (tertiary/aromatic N) is 1. The molecule has 0 aromatic heterocycles. The van der Waals surface area contributed by atoms with E-state index in [1.165, 1.54) is 0 Å². The summed E-state index contributed by atoms with van der Waals surface area (Å²) in [7, 11) is 0. The first-order valence-corrected chi connectivity index (χ1v) is 5.75. The molecule has 0 fully saturated rings. The maximum Gasteiger partial charge on any atom is 0.254 e. The van der Waals surface area contributed by atoms with Crippen molar-refractivity contribution < 1.29 is 9.90 Å². The molecule has 16 heavy (non-hydrogen) atoms. The van der Waals surface area contributed by atoms with Gasteiger partial charge >= 0.3 is 0 Å². The van der Waals surface area contributed by atoms with Crippen molar-refractivity contribution in [3.8, 4) is 0 Å². The standard InChI is InChI=1S/C12H14BrNO2/c1-2-7-14(8-9-15)12(16)10-3-5-11(13)6-4-10/h2-6,15H,1,7-9H2. The highest BCUT2D eigenvalue weighted by Gasteiger charge is 2.13. The van der Waals surface area contributed by atoms with Crippen molar-refractivity contribution in [2.45, 2.75) is 0 Å². The SMILES string of the molecule is C=CCN(CCO)C(=O)c1ccc(Br)cc1. The van der Waals surface area contributed by atoms with Crippen LogP contribution in [0.1, 0.15) is 10.4 Å². The molecule has 1 N–H and O–H groups in total. The van der Waals surface area contributed by atoms with E-state index in [0.29, 0.717) is 18.7 Å². The minimum atomic E-state index is -0.0959. The molecule has 0 unspecified atom stereocenters. The van der Waals surface area contributed by atoms with Crippen molar-refractivity contribution in [2.75, 3.05) is 19.7 Å². The van der Waals surface area contributed by atoms with Crippen LogP contribution in [0, 0.1) is 0 Å². The Morgan fingerprint density at radius 2 is 2.06 bits per heavy atom. The molecule has 0 saturated carbocycles. The van der Waals surface area contributed by atoms with E-state index < -0.39 is 0 Å². The molecule has 1 amide bonds. The third-order valence-electron chi connectivity index (χ3n) is 2.10. The molecule has 0 heterocycles. The van der Waals surface area contributed by atoms with Crippen molar-refractivity contribution >= 4 is 21.8 Å². The lowest BCUT2D eigenvalue weighted by atomic mass is 10.2. The van der Waals surface area contributed by atoms with Gasteiger partial charge in [0.2, 0.25) is 0 Å². The van der Waals surface area contributed by atoms with E-state index in [-0.39, 0.29) is 12.5 Å². The summed E-state index contributed by atoms with van der Waals surface area (Å²) in [4.78, 5) is 13.5. The Labute approximate surface area is 104 Å². The van der Waals surface area contributed by atoms with Crippen LogP contribution < -0.4 is 0 Å². The molecule has 0 aliphatic rings. The molecule has 1 aromatic carbocycles. The van der Waals surface area contributed by atoms with Gasteiger partial charge in [0.15, 0.2) is 0 Å². The van der Waals surface area contributed by atoms with Crippen molar-refractivity contribution in [3.63, 3.8) is 0 Å². The molecule has 4 heteroatoms. The van der Waals surface area contributed by atoms with Gasteiger partial charge in [0.25, 0.3) is 5.91 Å². The lowest BCUT2D eigenvalue weighted by molar-refractivity contribution is 0.0743. The van der Waals surface area contributed by atoms with E-state index in [4.69, 9.17) is 5.11 Å². The number of rotatable bonds is 5. The smallest absolute Gasteiger partial charge is 0.254 e. The van der Waals surface area contributed by atoms with Crippen LogP contribution in [0.3, 0.4) is 0 Å². The van der Waals surface area contributed by atoms with Crippen LogP contribution in [0.5, 0.6) is 0 Å². The van der Waals surface area contributed by atoms with E-state index in [9.17, 15) is 4.79 Å². The van der Waals surface area contributed by atoms with Gasteiger partial charge in [-0.1, -0.05) is 22.0 Å². The fraction of sp³-hybridized carbons (Fsp3) is 0.250. The van der Waals surface area contributed by atoms with Gasteiger partial charge in [-0.15, -0.1) is 6.58 Å². The number of aliphatic hydroxyl groups excluding tert-OH is 1. The van der Waals surface area contributed by atoms with E-state index in [1.54, 1.807) is 23.1 Å². The van der Waals surface area contributed by atoms with Gasteiger partial charge in [-0.3, -0.25) is 4.79 Å². The molecule has 0 atom stereocenters. The molecule has 0 saturated heterocycles. The Morgan fingerprint density at radius 3 is 2.56 bits per heavy atom. The molecular formula is C12H14BrNO2. The van der Waals surface area contributed by atoms with Crippen LogP contribution in [0.15, 0.2) is 41.4 Å². The topological polar surface area (TPSA) is 40.5 Å². The minimum absolute atomic E-state index is 0.0455. The van der Waals surface area contributed by atoms with Crippen LogP contribution in [0.4, 0.5) is 0 Å². The predicted octanol–water partition coefficient (Wildman–Crippen LogP) is 2.07. The highest BCUT2D eigenvalue weighted by molar-refractivity contribution is 9.10. The largest absolute Gasteiger partial charge is 0.395 e. The average Bonchev–Trinajstić information content (AvgIpc) is 2.29. The highest BCUT2D eigenvalue weighted by atomic mass is 79.9. The van der Waals surface area contributed by atoms with Crippen LogP contribution in [-0.4, -0.2) is 35.6 Å².